The van der Waals surface area contributed by atoms with Gasteiger partial charge in [-0.2, -0.15) is 0 Å². The lowest BCUT2D eigenvalue weighted by Gasteiger charge is -2.11. The Morgan fingerprint density at radius 1 is 0.894 bits per heavy atom. The number of amides is 2. The van der Waals surface area contributed by atoms with Gasteiger partial charge >= 0.3 is 24.0 Å². The number of nitrogens with one attached hydrogen (secondary N) is 2. The summed E-state index contributed by atoms with van der Waals surface area (Å²) in [5, 5.41) is 12.3. The first kappa shape index (κ1) is 42.2. The number of hydrogen-bond acceptors (Lipinski definition) is 11. The summed E-state index contributed by atoms with van der Waals surface area (Å²) in [5.74, 6) is -2.93. The molecule has 1 aliphatic rings. The lowest BCUT2D eigenvalue weighted by molar-refractivity contribution is -0.148. The Bertz CT molecular complexity index is 1210. The largest absolute Gasteiger partial charge is 0.481 e. The van der Waals surface area contributed by atoms with Crippen LogP contribution < -0.4 is 22.1 Å². The standard InChI is InChI=1S/C15H22N2O3.C12H11NO5.C4H11N.C2H4O2/c1-2-3-9-17-15(19)13(16)10-14(18)20-11-12-7-5-4-6-8-12;14-10(6-9-11(15)18-12(16)13-9)17-7-8-4-2-1-3-5-8;1-2-3-4-5;1-2(3)4/h4-8,13H,2-3,9-11,16H2,1H3,(H,17,19);1-5,9H,6-7H2,(H,13,16);2-5H2,1H3;1H3,(H,3,4). The molecule has 3 rings (SSSR count). The van der Waals surface area contributed by atoms with Crippen LogP contribution in [-0.2, 0) is 51.4 Å². The van der Waals surface area contributed by atoms with E-state index in [2.05, 4.69) is 22.3 Å². The lowest BCUT2D eigenvalue weighted by Crippen LogP contribution is -2.42. The maximum atomic E-state index is 11.6. The average molecular weight is 661 g/mol. The number of benzene rings is 2. The molecule has 1 saturated heterocycles. The molecule has 0 bridgehead atoms. The van der Waals surface area contributed by atoms with Gasteiger partial charge in [0.05, 0.1) is 18.9 Å². The number of rotatable bonds is 14. The first-order chi connectivity index (χ1) is 22.4. The molecule has 1 heterocycles. The van der Waals surface area contributed by atoms with Crippen molar-refractivity contribution in [3.05, 3.63) is 71.8 Å². The van der Waals surface area contributed by atoms with Crippen molar-refractivity contribution in [1.82, 2.24) is 10.6 Å². The fraction of sp³-hybridized carbons (Fsp3) is 0.455. The van der Waals surface area contributed by atoms with Gasteiger partial charge in [0.15, 0.2) is 0 Å². The third-order valence-corrected chi connectivity index (χ3v) is 5.74. The Hall–Kier alpha value is -4.82. The maximum absolute atomic E-state index is 11.6. The molecule has 1 fully saturated rings. The Morgan fingerprint density at radius 2 is 1.38 bits per heavy atom. The summed E-state index contributed by atoms with van der Waals surface area (Å²) in [5.41, 5.74) is 12.6. The van der Waals surface area contributed by atoms with Crippen LogP contribution in [0, 0.1) is 0 Å². The van der Waals surface area contributed by atoms with Crippen molar-refractivity contribution in [1.29, 1.82) is 0 Å². The van der Waals surface area contributed by atoms with Gasteiger partial charge in [0.2, 0.25) is 5.91 Å². The maximum Gasteiger partial charge on any atom is 0.415 e. The summed E-state index contributed by atoms with van der Waals surface area (Å²) in [7, 11) is 0. The fourth-order valence-electron chi connectivity index (χ4n) is 3.28. The van der Waals surface area contributed by atoms with Crippen LogP contribution in [0.5, 0.6) is 0 Å². The van der Waals surface area contributed by atoms with Crippen LogP contribution in [0.3, 0.4) is 0 Å². The molecule has 2 aromatic carbocycles. The summed E-state index contributed by atoms with van der Waals surface area (Å²) in [6, 6.07) is 16.7. The molecular weight excluding hydrogens is 612 g/mol. The number of aliphatic carboxylic acids is 1. The summed E-state index contributed by atoms with van der Waals surface area (Å²) < 4.78 is 14.3. The van der Waals surface area contributed by atoms with Crippen molar-refractivity contribution in [2.45, 2.75) is 84.6 Å². The molecule has 0 radical (unpaired) electrons. The number of carbonyl (C=O) groups is 6. The minimum absolute atomic E-state index is 0.106. The smallest absolute Gasteiger partial charge is 0.415 e. The van der Waals surface area contributed by atoms with Crippen molar-refractivity contribution in [3.63, 3.8) is 0 Å². The minimum Gasteiger partial charge on any atom is -0.481 e. The van der Waals surface area contributed by atoms with E-state index in [-0.39, 0.29) is 32.0 Å². The second-order valence-corrected chi connectivity index (χ2v) is 10.0. The molecule has 47 heavy (non-hydrogen) atoms. The number of unbranched alkanes of at least 4 members (excludes halogenated alkanes) is 2. The molecule has 2 atom stereocenters. The van der Waals surface area contributed by atoms with E-state index in [1.165, 1.54) is 12.8 Å². The van der Waals surface area contributed by atoms with E-state index >= 15 is 0 Å². The molecule has 0 aliphatic carbocycles. The third-order valence-electron chi connectivity index (χ3n) is 5.74. The van der Waals surface area contributed by atoms with E-state index in [1.807, 2.05) is 67.6 Å². The third kappa shape index (κ3) is 23.2. The van der Waals surface area contributed by atoms with Gasteiger partial charge in [-0.25, -0.2) is 9.59 Å². The van der Waals surface area contributed by atoms with Crippen molar-refractivity contribution >= 4 is 35.9 Å². The second kappa shape index (κ2) is 26.4. The number of alkyl carbamates (subject to hydrolysis) is 1. The van der Waals surface area contributed by atoms with Crippen LogP contribution >= 0.6 is 0 Å². The number of cyclic esters (lactones) is 2. The summed E-state index contributed by atoms with van der Waals surface area (Å²) in [4.78, 5) is 65.4. The van der Waals surface area contributed by atoms with E-state index < -0.39 is 42.1 Å². The highest BCUT2D eigenvalue weighted by Crippen LogP contribution is 2.08. The van der Waals surface area contributed by atoms with Crippen LogP contribution in [-0.4, -0.2) is 66.2 Å². The highest BCUT2D eigenvalue weighted by molar-refractivity contribution is 5.97. The molecular formula is C33H48N4O10. The van der Waals surface area contributed by atoms with Crippen molar-refractivity contribution in [2.24, 2.45) is 11.5 Å². The summed E-state index contributed by atoms with van der Waals surface area (Å²) >= 11 is 0. The number of carboxylic acids is 1. The predicted molar refractivity (Wildman–Crippen MR) is 173 cm³/mol. The van der Waals surface area contributed by atoms with Gasteiger partial charge in [-0.1, -0.05) is 87.4 Å². The van der Waals surface area contributed by atoms with Crippen molar-refractivity contribution < 1.29 is 48.1 Å². The number of esters is 3. The minimum atomic E-state index is -0.944. The van der Waals surface area contributed by atoms with Gasteiger partial charge in [-0.3, -0.25) is 19.2 Å². The predicted octanol–water partition coefficient (Wildman–Crippen LogP) is 2.95. The Kier molecular flexibility index (Phi) is 23.7. The number of carboxylic acid groups (broad SMARTS) is 1. The molecule has 260 valence electrons. The highest BCUT2D eigenvalue weighted by atomic mass is 16.6. The Labute approximate surface area is 275 Å². The van der Waals surface area contributed by atoms with Crippen LogP contribution in [0.1, 0.15) is 70.4 Å². The van der Waals surface area contributed by atoms with Gasteiger partial charge < -0.3 is 41.4 Å². The van der Waals surface area contributed by atoms with Gasteiger partial charge in [0, 0.05) is 13.5 Å². The van der Waals surface area contributed by atoms with E-state index in [9.17, 15) is 24.0 Å². The van der Waals surface area contributed by atoms with Crippen LogP contribution in [0.2, 0.25) is 0 Å². The van der Waals surface area contributed by atoms with Gasteiger partial charge in [0.1, 0.15) is 19.3 Å². The lowest BCUT2D eigenvalue weighted by atomic mass is 10.2. The molecule has 0 aromatic heterocycles. The highest BCUT2D eigenvalue weighted by Gasteiger charge is 2.34. The normalized spacial score (nSPS) is 13.3. The molecule has 0 spiro atoms. The van der Waals surface area contributed by atoms with Crippen molar-refractivity contribution in [3.8, 4) is 0 Å². The Morgan fingerprint density at radius 3 is 1.79 bits per heavy atom. The molecule has 14 heteroatoms. The molecule has 14 nitrogen and oxygen atoms in total. The second-order valence-electron chi connectivity index (χ2n) is 10.0. The van der Waals surface area contributed by atoms with Gasteiger partial charge in [-0.15, -0.1) is 0 Å². The number of ether oxygens (including phenoxy) is 3. The van der Waals surface area contributed by atoms with E-state index in [0.717, 1.165) is 37.4 Å². The molecule has 1 aliphatic heterocycles. The van der Waals surface area contributed by atoms with E-state index in [1.54, 1.807) is 0 Å². The Balaban J connectivity index is 0.000000718. The van der Waals surface area contributed by atoms with E-state index in [4.69, 9.17) is 30.8 Å². The van der Waals surface area contributed by atoms with Gasteiger partial charge in [-0.05, 0) is 30.5 Å². The van der Waals surface area contributed by atoms with Crippen molar-refractivity contribution in [2.75, 3.05) is 13.1 Å². The number of nitrogens with two attached hydrogens (primary N) is 2. The quantitative estimate of drug-likeness (QED) is 0.0853. The molecule has 0 saturated carbocycles. The number of carbonyl (C=O) groups excluding carboxylic acids is 5. The first-order valence-corrected chi connectivity index (χ1v) is 15.3. The molecule has 7 N–H and O–H groups in total. The summed E-state index contributed by atoms with van der Waals surface area (Å²) in [6.07, 6.45) is 3.12. The van der Waals surface area contributed by atoms with E-state index in [0.29, 0.717) is 6.54 Å². The molecule has 2 amide bonds. The van der Waals surface area contributed by atoms with Gasteiger partial charge in [0.25, 0.3) is 5.97 Å². The van der Waals surface area contributed by atoms with Crippen LogP contribution in [0.25, 0.3) is 0 Å². The zero-order chi connectivity index (χ0) is 35.5. The SMILES string of the molecule is CC(=O)O.CCCCN.CCCCNC(=O)C(N)CC(=O)OCc1ccccc1.O=C(CC1NC(=O)OC1=O)OCc1ccccc1. The molecule has 2 aromatic rings. The average Bonchev–Trinajstić information content (AvgIpc) is 3.36. The van der Waals surface area contributed by atoms with Crippen LogP contribution in [0.15, 0.2) is 60.7 Å². The zero-order valence-electron chi connectivity index (χ0n) is 27.3. The fourth-order valence-corrected chi connectivity index (χ4v) is 3.28. The van der Waals surface area contributed by atoms with Crippen LogP contribution in [0.4, 0.5) is 4.79 Å². The molecule has 2 unspecified atom stereocenters. The first-order valence-electron chi connectivity index (χ1n) is 15.3. The monoisotopic (exact) mass is 660 g/mol. The topological polar surface area (TPSA) is 226 Å². The zero-order valence-corrected chi connectivity index (χ0v) is 27.3. The summed E-state index contributed by atoms with van der Waals surface area (Å²) in [6.45, 7) is 7.01. The number of hydrogen-bond donors (Lipinski definition) is 5.